The maximum Gasteiger partial charge on any atom is 0.131 e. The van der Waals surface area contributed by atoms with E-state index in [4.69, 9.17) is 15.5 Å². The minimum absolute atomic E-state index is 0.352. The van der Waals surface area contributed by atoms with Gasteiger partial charge in [0.2, 0.25) is 0 Å². The maximum atomic E-state index is 6.27. The molecule has 1 heterocycles. The summed E-state index contributed by atoms with van der Waals surface area (Å²) in [6.07, 6.45) is 0. The van der Waals surface area contributed by atoms with E-state index in [1.165, 1.54) is 0 Å². The van der Waals surface area contributed by atoms with Crippen molar-refractivity contribution >= 4 is 5.82 Å². The SMILES string of the molecule is CCn1c(C(C)C)nc(-c2ccc(OC)c(C)c2)c1N. The van der Waals surface area contributed by atoms with Crippen LogP contribution in [0.15, 0.2) is 18.2 Å². The van der Waals surface area contributed by atoms with Crippen molar-refractivity contribution in [1.82, 2.24) is 9.55 Å². The Labute approximate surface area is 120 Å². The number of ether oxygens (including phenoxy) is 1. The van der Waals surface area contributed by atoms with Crippen molar-refractivity contribution in [3.8, 4) is 17.0 Å². The van der Waals surface area contributed by atoms with Crippen LogP contribution in [-0.2, 0) is 6.54 Å². The van der Waals surface area contributed by atoms with Crippen LogP contribution in [0.5, 0.6) is 5.75 Å². The number of nitrogens with zero attached hydrogens (tertiary/aromatic N) is 2. The molecule has 2 rings (SSSR count). The Morgan fingerprint density at radius 2 is 2.05 bits per heavy atom. The molecule has 2 aromatic rings. The molecule has 0 spiro atoms. The summed E-state index contributed by atoms with van der Waals surface area (Å²) in [5.41, 5.74) is 9.26. The van der Waals surface area contributed by atoms with Gasteiger partial charge in [0.1, 0.15) is 23.1 Å². The van der Waals surface area contributed by atoms with Crippen molar-refractivity contribution in [2.24, 2.45) is 0 Å². The van der Waals surface area contributed by atoms with Gasteiger partial charge in [-0.1, -0.05) is 13.8 Å². The van der Waals surface area contributed by atoms with Crippen LogP contribution in [0.25, 0.3) is 11.3 Å². The average molecular weight is 273 g/mol. The van der Waals surface area contributed by atoms with E-state index in [1.807, 2.05) is 19.1 Å². The summed E-state index contributed by atoms with van der Waals surface area (Å²) < 4.78 is 7.38. The van der Waals surface area contributed by atoms with E-state index in [0.717, 1.165) is 40.8 Å². The number of nitrogens with two attached hydrogens (primary N) is 1. The van der Waals surface area contributed by atoms with Gasteiger partial charge in [0.15, 0.2) is 0 Å². The highest BCUT2D eigenvalue weighted by Crippen LogP contribution is 2.31. The third-order valence-electron chi connectivity index (χ3n) is 3.54. The molecule has 1 aromatic carbocycles. The molecule has 0 aliphatic rings. The molecule has 20 heavy (non-hydrogen) atoms. The van der Waals surface area contributed by atoms with E-state index >= 15 is 0 Å². The summed E-state index contributed by atoms with van der Waals surface area (Å²) in [5, 5.41) is 0. The van der Waals surface area contributed by atoms with Crippen LogP contribution in [0.2, 0.25) is 0 Å². The quantitative estimate of drug-likeness (QED) is 0.926. The van der Waals surface area contributed by atoms with Crippen molar-refractivity contribution in [3.05, 3.63) is 29.6 Å². The molecule has 0 aliphatic heterocycles. The number of imidazole rings is 1. The molecule has 4 nitrogen and oxygen atoms in total. The number of hydrogen-bond donors (Lipinski definition) is 1. The van der Waals surface area contributed by atoms with Crippen LogP contribution in [0.4, 0.5) is 5.82 Å². The van der Waals surface area contributed by atoms with E-state index in [0.29, 0.717) is 5.92 Å². The fourth-order valence-corrected chi connectivity index (χ4v) is 2.49. The lowest BCUT2D eigenvalue weighted by atomic mass is 10.1. The normalized spacial score (nSPS) is 11.1. The summed E-state index contributed by atoms with van der Waals surface area (Å²) >= 11 is 0. The van der Waals surface area contributed by atoms with Crippen LogP contribution in [0, 0.1) is 6.92 Å². The second-order valence-electron chi connectivity index (χ2n) is 5.29. The predicted molar refractivity (Wildman–Crippen MR) is 83.1 cm³/mol. The Balaban J connectivity index is 2.55. The lowest BCUT2D eigenvalue weighted by Gasteiger charge is -2.09. The smallest absolute Gasteiger partial charge is 0.131 e. The third-order valence-corrected chi connectivity index (χ3v) is 3.54. The van der Waals surface area contributed by atoms with Gasteiger partial charge in [-0.2, -0.15) is 0 Å². The molecule has 108 valence electrons. The highest BCUT2D eigenvalue weighted by Gasteiger charge is 2.17. The Kier molecular flexibility index (Phi) is 4.02. The second kappa shape index (κ2) is 5.57. The number of methoxy groups -OCH3 is 1. The zero-order valence-electron chi connectivity index (χ0n) is 12.9. The minimum Gasteiger partial charge on any atom is -0.496 e. The highest BCUT2D eigenvalue weighted by atomic mass is 16.5. The zero-order valence-corrected chi connectivity index (χ0v) is 12.9. The molecule has 4 heteroatoms. The molecule has 0 unspecified atom stereocenters. The first-order valence-corrected chi connectivity index (χ1v) is 7.00. The zero-order chi connectivity index (χ0) is 14.9. The molecule has 0 saturated heterocycles. The monoisotopic (exact) mass is 273 g/mol. The number of nitrogen functional groups attached to an aromatic ring is 1. The van der Waals surface area contributed by atoms with Gasteiger partial charge < -0.3 is 15.0 Å². The molecule has 0 amide bonds. The van der Waals surface area contributed by atoms with E-state index < -0.39 is 0 Å². The van der Waals surface area contributed by atoms with Crippen molar-refractivity contribution in [1.29, 1.82) is 0 Å². The Hall–Kier alpha value is -1.97. The van der Waals surface area contributed by atoms with E-state index in [2.05, 4.69) is 31.4 Å². The number of aromatic nitrogens is 2. The lowest BCUT2D eigenvalue weighted by molar-refractivity contribution is 0.412. The van der Waals surface area contributed by atoms with Gasteiger partial charge in [-0.15, -0.1) is 0 Å². The molecule has 0 saturated carbocycles. The third kappa shape index (κ3) is 2.38. The molecular formula is C16H23N3O. The molecule has 0 atom stereocenters. The van der Waals surface area contributed by atoms with E-state index in [9.17, 15) is 0 Å². The van der Waals surface area contributed by atoms with Gasteiger partial charge >= 0.3 is 0 Å². The van der Waals surface area contributed by atoms with Gasteiger partial charge in [0, 0.05) is 18.0 Å². The van der Waals surface area contributed by atoms with Gasteiger partial charge in [-0.05, 0) is 37.6 Å². The van der Waals surface area contributed by atoms with Gasteiger partial charge in [0.25, 0.3) is 0 Å². The summed E-state index contributed by atoms with van der Waals surface area (Å²) in [4.78, 5) is 4.74. The van der Waals surface area contributed by atoms with Crippen molar-refractivity contribution in [2.75, 3.05) is 12.8 Å². The average Bonchev–Trinajstić information content (AvgIpc) is 2.75. The number of hydrogen-bond acceptors (Lipinski definition) is 3. The predicted octanol–water partition coefficient (Wildman–Crippen LogP) is 3.59. The van der Waals surface area contributed by atoms with Gasteiger partial charge in [0.05, 0.1) is 7.11 Å². The topological polar surface area (TPSA) is 53.1 Å². The molecule has 0 aliphatic carbocycles. The van der Waals surface area contributed by atoms with Crippen LogP contribution >= 0.6 is 0 Å². The van der Waals surface area contributed by atoms with Crippen LogP contribution in [-0.4, -0.2) is 16.7 Å². The summed E-state index contributed by atoms with van der Waals surface area (Å²) in [6.45, 7) is 9.22. The van der Waals surface area contributed by atoms with E-state index in [1.54, 1.807) is 7.11 Å². The molecule has 0 bridgehead atoms. The highest BCUT2D eigenvalue weighted by molar-refractivity contribution is 5.72. The summed E-state index contributed by atoms with van der Waals surface area (Å²) in [6, 6.07) is 6.04. The van der Waals surface area contributed by atoms with Crippen molar-refractivity contribution in [2.45, 2.75) is 40.2 Å². The Morgan fingerprint density at radius 1 is 1.35 bits per heavy atom. The van der Waals surface area contributed by atoms with Crippen LogP contribution in [0.1, 0.15) is 38.1 Å². The first kappa shape index (κ1) is 14.4. The standard InChI is InChI=1S/C16H23N3O/c1-6-19-15(17)14(18-16(19)10(2)3)12-7-8-13(20-5)11(4)9-12/h7-10H,6,17H2,1-5H3. The maximum absolute atomic E-state index is 6.27. The van der Waals surface area contributed by atoms with Crippen molar-refractivity contribution < 1.29 is 4.74 Å². The number of anilines is 1. The molecular weight excluding hydrogens is 250 g/mol. The first-order valence-electron chi connectivity index (χ1n) is 7.00. The minimum atomic E-state index is 0.352. The van der Waals surface area contributed by atoms with Gasteiger partial charge in [-0.25, -0.2) is 4.98 Å². The number of benzene rings is 1. The first-order chi connectivity index (χ1) is 9.49. The molecule has 1 aromatic heterocycles. The molecule has 0 radical (unpaired) electrons. The number of aryl methyl sites for hydroxylation is 1. The van der Waals surface area contributed by atoms with Gasteiger partial charge in [-0.3, -0.25) is 0 Å². The van der Waals surface area contributed by atoms with Crippen LogP contribution < -0.4 is 10.5 Å². The fraction of sp³-hybridized carbons (Fsp3) is 0.438. The Morgan fingerprint density at radius 3 is 2.50 bits per heavy atom. The van der Waals surface area contributed by atoms with Crippen molar-refractivity contribution in [3.63, 3.8) is 0 Å². The second-order valence-corrected chi connectivity index (χ2v) is 5.29. The largest absolute Gasteiger partial charge is 0.496 e. The molecule has 0 fully saturated rings. The van der Waals surface area contributed by atoms with Crippen LogP contribution in [0.3, 0.4) is 0 Å². The summed E-state index contributed by atoms with van der Waals surface area (Å²) in [7, 11) is 1.68. The molecule has 2 N–H and O–H groups in total. The lowest BCUT2D eigenvalue weighted by Crippen LogP contribution is -2.06. The summed E-state index contributed by atoms with van der Waals surface area (Å²) in [5.74, 6) is 3.01. The fourth-order valence-electron chi connectivity index (χ4n) is 2.49. The number of rotatable bonds is 4. The van der Waals surface area contributed by atoms with E-state index in [-0.39, 0.29) is 0 Å². The Bertz CT molecular complexity index is 614.